The van der Waals surface area contributed by atoms with Gasteiger partial charge in [0, 0.05) is 5.92 Å². The zero-order valence-electron chi connectivity index (χ0n) is 13.9. The van der Waals surface area contributed by atoms with Gasteiger partial charge in [0.15, 0.2) is 0 Å². The molecule has 2 heteroatoms. The van der Waals surface area contributed by atoms with Crippen molar-refractivity contribution >= 4 is 5.97 Å². The van der Waals surface area contributed by atoms with E-state index in [0.717, 1.165) is 19.3 Å². The van der Waals surface area contributed by atoms with Gasteiger partial charge in [0.1, 0.15) is 0 Å². The summed E-state index contributed by atoms with van der Waals surface area (Å²) in [5, 5.41) is 0. The normalized spacial score (nSPS) is 23.9. The lowest BCUT2D eigenvalue weighted by Gasteiger charge is -2.35. The van der Waals surface area contributed by atoms with Crippen LogP contribution in [-0.4, -0.2) is 13.1 Å². The summed E-state index contributed by atoms with van der Waals surface area (Å²) in [5.74, 6) is 0.417. The Hall–Kier alpha value is -2.09. The van der Waals surface area contributed by atoms with Gasteiger partial charge in [0.05, 0.1) is 12.5 Å². The van der Waals surface area contributed by atoms with Gasteiger partial charge in [-0.15, -0.1) is 0 Å². The van der Waals surface area contributed by atoms with Gasteiger partial charge >= 0.3 is 5.97 Å². The summed E-state index contributed by atoms with van der Waals surface area (Å²) in [5.41, 5.74) is 2.15. The Bertz CT molecular complexity index is 611. The zero-order chi connectivity index (χ0) is 16.3. The number of methoxy groups -OCH3 is 1. The maximum atomic E-state index is 12.5. The molecule has 3 rings (SSSR count). The van der Waals surface area contributed by atoms with Crippen molar-refractivity contribution in [3.63, 3.8) is 0 Å². The van der Waals surface area contributed by atoms with Crippen molar-refractivity contribution in [1.82, 2.24) is 0 Å². The summed E-state index contributed by atoms with van der Waals surface area (Å²) in [6.45, 7) is 2.08. The van der Waals surface area contributed by atoms with Gasteiger partial charge in [-0.1, -0.05) is 67.1 Å². The molecule has 0 N–H and O–H groups in total. The fourth-order valence-corrected chi connectivity index (χ4v) is 4.19. The molecule has 0 unspecified atom stereocenters. The van der Waals surface area contributed by atoms with Crippen LogP contribution in [-0.2, 0) is 9.53 Å². The second-order valence-electron chi connectivity index (χ2n) is 6.71. The first kappa shape index (κ1) is 15.8. The number of carbonyl (C=O) groups is 1. The SMILES string of the molecule is COC(=O)[C@]1(C)CCC[C@H]1C(c1ccccc1)c1ccccc1. The van der Waals surface area contributed by atoms with Gasteiger partial charge in [0.25, 0.3) is 0 Å². The van der Waals surface area contributed by atoms with Crippen LogP contribution < -0.4 is 0 Å². The Kier molecular flexibility index (Phi) is 4.51. The molecule has 1 saturated carbocycles. The molecule has 0 heterocycles. The van der Waals surface area contributed by atoms with Crippen molar-refractivity contribution in [2.45, 2.75) is 32.1 Å². The molecule has 2 aromatic carbocycles. The third-order valence-corrected chi connectivity index (χ3v) is 5.40. The highest BCUT2D eigenvalue weighted by Gasteiger charge is 2.49. The molecule has 2 atom stereocenters. The van der Waals surface area contributed by atoms with Gasteiger partial charge < -0.3 is 4.74 Å². The lowest BCUT2D eigenvalue weighted by Crippen LogP contribution is -2.36. The maximum Gasteiger partial charge on any atom is 0.311 e. The number of rotatable bonds is 4. The fraction of sp³-hybridized carbons (Fsp3) is 0.381. The van der Waals surface area contributed by atoms with Crippen molar-refractivity contribution in [1.29, 1.82) is 0 Å². The highest BCUT2D eigenvalue weighted by molar-refractivity contribution is 5.77. The number of esters is 1. The van der Waals surface area contributed by atoms with Crippen LogP contribution in [0.1, 0.15) is 43.2 Å². The predicted molar refractivity (Wildman–Crippen MR) is 92.2 cm³/mol. The molecule has 0 amide bonds. The first-order valence-electron chi connectivity index (χ1n) is 8.35. The van der Waals surface area contributed by atoms with E-state index < -0.39 is 5.41 Å². The number of hydrogen-bond acceptors (Lipinski definition) is 2. The minimum atomic E-state index is -0.412. The highest BCUT2D eigenvalue weighted by atomic mass is 16.5. The summed E-state index contributed by atoms with van der Waals surface area (Å²) in [6, 6.07) is 21.1. The fourth-order valence-electron chi connectivity index (χ4n) is 4.19. The average Bonchev–Trinajstić information content (AvgIpc) is 2.99. The van der Waals surface area contributed by atoms with Crippen molar-refractivity contribution in [3.05, 3.63) is 71.8 Å². The smallest absolute Gasteiger partial charge is 0.311 e. The minimum Gasteiger partial charge on any atom is -0.469 e. The Labute approximate surface area is 138 Å². The molecule has 0 radical (unpaired) electrons. The largest absolute Gasteiger partial charge is 0.469 e. The van der Waals surface area contributed by atoms with Gasteiger partial charge in [-0.3, -0.25) is 4.79 Å². The maximum absolute atomic E-state index is 12.5. The molecular weight excluding hydrogens is 284 g/mol. The zero-order valence-corrected chi connectivity index (χ0v) is 13.9. The van der Waals surface area contributed by atoms with E-state index in [1.807, 2.05) is 12.1 Å². The van der Waals surface area contributed by atoms with Crippen LogP contribution in [0.15, 0.2) is 60.7 Å². The summed E-state index contributed by atoms with van der Waals surface area (Å²) >= 11 is 0. The van der Waals surface area contributed by atoms with Crippen molar-refractivity contribution in [2.75, 3.05) is 7.11 Å². The third-order valence-electron chi connectivity index (χ3n) is 5.40. The lowest BCUT2D eigenvalue weighted by molar-refractivity contribution is -0.154. The number of carbonyl (C=O) groups excluding carboxylic acids is 1. The van der Waals surface area contributed by atoms with Gasteiger partial charge in [-0.05, 0) is 36.8 Å². The van der Waals surface area contributed by atoms with Crippen LogP contribution in [0.4, 0.5) is 0 Å². The van der Waals surface area contributed by atoms with Crippen LogP contribution in [0.2, 0.25) is 0 Å². The quantitative estimate of drug-likeness (QED) is 0.759. The summed E-state index contributed by atoms with van der Waals surface area (Å²) < 4.78 is 5.15. The summed E-state index contributed by atoms with van der Waals surface area (Å²) in [7, 11) is 1.50. The predicted octanol–water partition coefficient (Wildman–Crippen LogP) is 4.80. The molecule has 23 heavy (non-hydrogen) atoms. The molecule has 2 nitrogen and oxygen atoms in total. The lowest BCUT2D eigenvalue weighted by atomic mass is 9.68. The Morgan fingerprint density at radius 3 is 2.04 bits per heavy atom. The second kappa shape index (κ2) is 6.57. The first-order valence-corrected chi connectivity index (χ1v) is 8.35. The average molecular weight is 308 g/mol. The van der Waals surface area contributed by atoms with Crippen molar-refractivity contribution in [2.24, 2.45) is 11.3 Å². The first-order chi connectivity index (χ1) is 11.2. The molecule has 2 aromatic rings. The van der Waals surface area contributed by atoms with E-state index in [0.29, 0.717) is 0 Å². The van der Waals surface area contributed by atoms with Crippen LogP contribution in [0.25, 0.3) is 0 Å². The second-order valence-corrected chi connectivity index (χ2v) is 6.71. The highest BCUT2D eigenvalue weighted by Crippen LogP contribution is 2.52. The molecule has 0 aromatic heterocycles. The van der Waals surface area contributed by atoms with Crippen molar-refractivity contribution in [3.8, 4) is 0 Å². The number of hydrogen-bond donors (Lipinski definition) is 0. The molecule has 0 bridgehead atoms. The van der Waals surface area contributed by atoms with Crippen LogP contribution in [0, 0.1) is 11.3 Å². The van der Waals surface area contributed by atoms with Gasteiger partial charge in [0.2, 0.25) is 0 Å². The molecule has 1 aliphatic carbocycles. The van der Waals surface area contributed by atoms with Crippen molar-refractivity contribution < 1.29 is 9.53 Å². The van der Waals surface area contributed by atoms with Gasteiger partial charge in [-0.25, -0.2) is 0 Å². The van der Waals surface area contributed by atoms with E-state index in [4.69, 9.17) is 4.74 Å². The number of benzene rings is 2. The van der Waals surface area contributed by atoms with Crippen LogP contribution in [0.5, 0.6) is 0 Å². The van der Waals surface area contributed by atoms with E-state index in [1.165, 1.54) is 18.2 Å². The minimum absolute atomic E-state index is 0.0723. The van der Waals surface area contributed by atoms with E-state index in [2.05, 4.69) is 55.5 Å². The molecule has 0 saturated heterocycles. The topological polar surface area (TPSA) is 26.3 Å². The molecular formula is C21H24O2. The number of ether oxygens (including phenoxy) is 1. The molecule has 0 aliphatic heterocycles. The molecule has 0 spiro atoms. The van der Waals surface area contributed by atoms with E-state index in [9.17, 15) is 4.79 Å². The van der Waals surface area contributed by atoms with Crippen LogP contribution in [0.3, 0.4) is 0 Å². The Balaban J connectivity index is 2.07. The van der Waals surface area contributed by atoms with Gasteiger partial charge in [-0.2, -0.15) is 0 Å². The molecule has 120 valence electrons. The van der Waals surface area contributed by atoms with E-state index in [-0.39, 0.29) is 17.8 Å². The monoisotopic (exact) mass is 308 g/mol. The Morgan fingerprint density at radius 2 is 1.57 bits per heavy atom. The van der Waals surface area contributed by atoms with E-state index in [1.54, 1.807) is 0 Å². The third kappa shape index (κ3) is 2.90. The summed E-state index contributed by atoms with van der Waals surface area (Å²) in [6.07, 6.45) is 3.03. The van der Waals surface area contributed by atoms with E-state index >= 15 is 0 Å². The summed E-state index contributed by atoms with van der Waals surface area (Å²) in [4.78, 5) is 12.5. The Morgan fingerprint density at radius 1 is 1.04 bits per heavy atom. The molecule has 1 fully saturated rings. The van der Waals surface area contributed by atoms with Crippen LogP contribution >= 0.6 is 0 Å². The molecule has 1 aliphatic rings. The standard InChI is InChI=1S/C21H24O2/c1-21(20(22)23-2)15-9-14-18(21)19(16-10-5-3-6-11-16)17-12-7-4-8-13-17/h3-8,10-13,18-19H,9,14-15H2,1-2H3/t18-,21+/m0/s1.